The molecule has 1 amide bonds. The molecule has 180 valence electrons. The summed E-state index contributed by atoms with van der Waals surface area (Å²) in [6.45, 7) is 12.3. The van der Waals surface area contributed by atoms with E-state index < -0.39 is 12.2 Å². The summed E-state index contributed by atoms with van der Waals surface area (Å²) in [5, 5.41) is 12.3. The molecule has 2 rings (SSSR count). The molecule has 9 heteroatoms. The molecule has 0 saturated heterocycles. The number of carbonyl (C=O) groups excluding carboxylic acids is 1. The van der Waals surface area contributed by atoms with Gasteiger partial charge in [0.05, 0.1) is 6.61 Å². The zero-order chi connectivity index (χ0) is 25.4. The maximum absolute atomic E-state index is 12.3. The van der Waals surface area contributed by atoms with Crippen LogP contribution in [-0.4, -0.2) is 22.9 Å². The molecule has 2 N–H and O–H groups in total. The second-order valence-corrected chi connectivity index (χ2v) is 5.97. The van der Waals surface area contributed by atoms with Crippen molar-refractivity contribution in [3.63, 3.8) is 0 Å². The number of allylic oxidation sites excluding steroid dienone is 1. The predicted octanol–water partition coefficient (Wildman–Crippen LogP) is 5.27. The lowest BCUT2D eigenvalue weighted by atomic mass is 9.94. The normalized spacial score (nSPS) is 9.61. The summed E-state index contributed by atoms with van der Waals surface area (Å²) in [6, 6.07) is 4.21. The average molecular weight is 467 g/mol. The molecule has 6 nitrogen and oxygen atoms in total. The minimum atomic E-state index is -4.83. The number of aliphatic hydroxyl groups is 1. The molecule has 1 heterocycles. The number of amides is 1. The topological polar surface area (TPSA) is 80.7 Å². The number of carbonyl (C=O) groups is 1. The molecule has 0 aliphatic heterocycles. The van der Waals surface area contributed by atoms with E-state index in [1.54, 1.807) is 26.0 Å². The molecular formula is C24H29F3N2O4. The van der Waals surface area contributed by atoms with Gasteiger partial charge >= 0.3 is 6.36 Å². The van der Waals surface area contributed by atoms with Gasteiger partial charge in [0.15, 0.2) is 0 Å². The number of nitrogens with zero attached hydrogens (tertiary/aromatic N) is 1. The van der Waals surface area contributed by atoms with Crippen LogP contribution in [0.5, 0.6) is 11.6 Å². The van der Waals surface area contributed by atoms with Crippen LogP contribution in [0.4, 0.5) is 13.2 Å². The highest BCUT2D eigenvalue weighted by molar-refractivity contribution is 5.72. The van der Waals surface area contributed by atoms with Crippen molar-refractivity contribution in [3.8, 4) is 34.8 Å². The van der Waals surface area contributed by atoms with E-state index >= 15 is 0 Å². The van der Waals surface area contributed by atoms with Gasteiger partial charge in [0, 0.05) is 42.4 Å². The lowest BCUT2D eigenvalue weighted by molar-refractivity contribution is -0.276. The zero-order valence-corrected chi connectivity index (χ0v) is 19.3. The standard InChI is InChI=1S/C19H17F3N2O4.C3H6.C2H6/c1-3-6-27-18-12(2)15(7-14(8-23-11-26)16(18)10-25)13-4-5-17(24-9-13)28-19(20,21)22;1-3-2;1-2/h4-5,7,9,11,25H,8,10H2,1-2H3,(H,23,26);3H,1H2,2H3;1-2H3. The number of hydrogen-bond acceptors (Lipinski definition) is 5. The molecule has 33 heavy (non-hydrogen) atoms. The van der Waals surface area contributed by atoms with Crippen LogP contribution in [0.3, 0.4) is 0 Å². The van der Waals surface area contributed by atoms with E-state index in [1.807, 2.05) is 20.8 Å². The number of alkyl halides is 3. The summed E-state index contributed by atoms with van der Waals surface area (Å²) in [5.41, 5.74) is 2.71. The Morgan fingerprint density at radius 1 is 1.30 bits per heavy atom. The van der Waals surface area contributed by atoms with Gasteiger partial charge in [-0.3, -0.25) is 4.79 Å². The third kappa shape index (κ3) is 9.66. The maximum atomic E-state index is 12.3. The molecule has 0 radical (unpaired) electrons. The highest BCUT2D eigenvalue weighted by atomic mass is 19.4. The fourth-order valence-electron chi connectivity index (χ4n) is 2.61. The summed E-state index contributed by atoms with van der Waals surface area (Å²) < 4.78 is 46.1. The summed E-state index contributed by atoms with van der Waals surface area (Å²) >= 11 is 0. The minimum absolute atomic E-state index is 0.116. The van der Waals surface area contributed by atoms with Crippen molar-refractivity contribution >= 4 is 6.41 Å². The van der Waals surface area contributed by atoms with Crippen molar-refractivity contribution < 1.29 is 32.5 Å². The molecule has 0 spiro atoms. The number of aromatic nitrogens is 1. The van der Waals surface area contributed by atoms with Crippen LogP contribution >= 0.6 is 0 Å². The van der Waals surface area contributed by atoms with Gasteiger partial charge in [-0.05, 0) is 37.1 Å². The molecule has 0 atom stereocenters. The molecule has 0 aliphatic rings. The van der Waals surface area contributed by atoms with E-state index in [9.17, 15) is 23.1 Å². The summed E-state index contributed by atoms with van der Waals surface area (Å²) in [5.74, 6) is 2.31. The minimum Gasteiger partial charge on any atom is -0.407 e. The first kappa shape index (κ1) is 29.5. The molecule has 0 bridgehead atoms. The zero-order valence-electron chi connectivity index (χ0n) is 19.3. The number of benzene rings is 1. The third-order valence-electron chi connectivity index (χ3n) is 3.78. The lowest BCUT2D eigenvalue weighted by Crippen LogP contribution is -2.17. The fraction of sp³-hybridized carbons (Fsp3) is 0.333. The maximum Gasteiger partial charge on any atom is 0.574 e. The number of nitrogens with one attached hydrogen (secondary N) is 1. The average Bonchev–Trinajstić information content (AvgIpc) is 2.78. The first-order valence-electron chi connectivity index (χ1n) is 10.0. The van der Waals surface area contributed by atoms with Crippen molar-refractivity contribution in [1.29, 1.82) is 0 Å². The van der Waals surface area contributed by atoms with E-state index in [4.69, 9.17) is 4.74 Å². The number of rotatable bonds is 7. The van der Waals surface area contributed by atoms with Crippen LogP contribution in [0.1, 0.15) is 44.4 Å². The van der Waals surface area contributed by atoms with Crippen LogP contribution in [0, 0.1) is 19.0 Å². The monoisotopic (exact) mass is 466 g/mol. The summed E-state index contributed by atoms with van der Waals surface area (Å²) in [6.07, 6.45) is 1.12. The van der Waals surface area contributed by atoms with Gasteiger partial charge in [-0.1, -0.05) is 25.8 Å². The smallest absolute Gasteiger partial charge is 0.407 e. The largest absolute Gasteiger partial charge is 0.574 e. The molecule has 1 aromatic heterocycles. The number of ether oxygens (including phenoxy) is 2. The molecular weight excluding hydrogens is 437 g/mol. The molecule has 0 aliphatic carbocycles. The highest BCUT2D eigenvalue weighted by Crippen LogP contribution is 2.36. The van der Waals surface area contributed by atoms with Gasteiger partial charge in [-0.2, -0.15) is 0 Å². The Morgan fingerprint density at radius 2 is 1.94 bits per heavy atom. The van der Waals surface area contributed by atoms with E-state index in [-0.39, 0.29) is 13.2 Å². The fourth-order valence-corrected chi connectivity index (χ4v) is 2.61. The molecule has 2 aromatic rings. The Bertz CT molecular complexity index is 947. The van der Waals surface area contributed by atoms with Gasteiger partial charge < -0.3 is 19.9 Å². The number of pyridine rings is 1. The van der Waals surface area contributed by atoms with Crippen LogP contribution < -0.4 is 14.8 Å². The second-order valence-electron chi connectivity index (χ2n) is 5.97. The van der Waals surface area contributed by atoms with Gasteiger partial charge in [-0.25, -0.2) is 4.98 Å². The van der Waals surface area contributed by atoms with Gasteiger partial charge in [0.1, 0.15) is 11.9 Å². The molecule has 0 saturated carbocycles. The SMILES string of the molecule is C=CC.CC.CC#COc1c(C)c(-c2ccc(OC(F)(F)F)nc2)cc(CNC=O)c1CO. The predicted molar refractivity (Wildman–Crippen MR) is 121 cm³/mol. The number of hydrogen-bond donors (Lipinski definition) is 2. The summed E-state index contributed by atoms with van der Waals surface area (Å²) in [7, 11) is 0. The van der Waals surface area contributed by atoms with Crippen molar-refractivity contribution in [3.05, 3.63) is 53.7 Å². The van der Waals surface area contributed by atoms with E-state index in [2.05, 4.69) is 33.6 Å². The van der Waals surface area contributed by atoms with Gasteiger partial charge in [0.2, 0.25) is 12.3 Å². The van der Waals surface area contributed by atoms with Crippen molar-refractivity contribution in [2.75, 3.05) is 0 Å². The van der Waals surface area contributed by atoms with Crippen LogP contribution in [0.2, 0.25) is 0 Å². The lowest BCUT2D eigenvalue weighted by Gasteiger charge is -2.18. The van der Waals surface area contributed by atoms with Crippen LogP contribution in [0.25, 0.3) is 11.1 Å². The van der Waals surface area contributed by atoms with Crippen LogP contribution in [0.15, 0.2) is 37.1 Å². The Morgan fingerprint density at radius 3 is 2.39 bits per heavy atom. The molecule has 1 aromatic carbocycles. The second kappa shape index (κ2) is 15.3. The number of halogens is 3. The first-order chi connectivity index (χ1) is 15.7. The van der Waals surface area contributed by atoms with Crippen LogP contribution in [-0.2, 0) is 17.9 Å². The third-order valence-corrected chi connectivity index (χ3v) is 3.78. The van der Waals surface area contributed by atoms with E-state index in [0.29, 0.717) is 40.0 Å². The number of aliphatic hydroxyl groups excluding tert-OH is 1. The van der Waals surface area contributed by atoms with E-state index in [0.717, 1.165) is 6.07 Å². The first-order valence-corrected chi connectivity index (χ1v) is 10.0. The van der Waals surface area contributed by atoms with Crippen molar-refractivity contribution in [2.24, 2.45) is 0 Å². The Balaban J connectivity index is 0.00000189. The quantitative estimate of drug-likeness (QED) is 0.330. The van der Waals surface area contributed by atoms with Gasteiger partial charge in [-0.15, -0.1) is 19.8 Å². The molecule has 0 unspecified atom stereocenters. The van der Waals surface area contributed by atoms with Crippen molar-refractivity contribution in [1.82, 2.24) is 10.3 Å². The Kier molecular flexibility index (Phi) is 13.7. The Hall–Kier alpha value is -3.51. The molecule has 0 fully saturated rings. The summed E-state index contributed by atoms with van der Waals surface area (Å²) in [4.78, 5) is 14.3. The highest BCUT2D eigenvalue weighted by Gasteiger charge is 2.31. The van der Waals surface area contributed by atoms with E-state index in [1.165, 1.54) is 12.3 Å². The van der Waals surface area contributed by atoms with Crippen molar-refractivity contribution in [2.45, 2.75) is 54.1 Å². The Labute approximate surface area is 192 Å². The van der Waals surface area contributed by atoms with Gasteiger partial charge in [0.25, 0.3) is 0 Å².